The van der Waals surface area contributed by atoms with E-state index in [0.717, 1.165) is 24.2 Å². The van der Waals surface area contributed by atoms with E-state index in [-0.39, 0.29) is 18.4 Å². The van der Waals surface area contributed by atoms with Gasteiger partial charge in [0, 0.05) is 24.8 Å². The molecule has 1 aliphatic rings. The Morgan fingerprint density at radius 3 is 2.46 bits per heavy atom. The zero-order valence-electron chi connectivity index (χ0n) is 14.0. The number of amides is 1. The van der Waals surface area contributed by atoms with E-state index in [0.29, 0.717) is 6.54 Å². The molecule has 2 aromatic carbocycles. The van der Waals surface area contributed by atoms with Crippen LogP contribution in [0, 0.1) is 0 Å². The molecule has 2 atom stereocenters. The Morgan fingerprint density at radius 1 is 1.17 bits per heavy atom. The number of rotatable bonds is 5. The molecule has 126 valence electrons. The molecule has 24 heavy (non-hydrogen) atoms. The van der Waals surface area contributed by atoms with E-state index in [9.17, 15) is 9.90 Å². The highest BCUT2D eigenvalue weighted by Gasteiger charge is 2.32. The Morgan fingerprint density at radius 2 is 1.79 bits per heavy atom. The fourth-order valence-corrected chi connectivity index (χ4v) is 3.18. The molecule has 2 unspecified atom stereocenters. The molecule has 0 radical (unpaired) electrons. The summed E-state index contributed by atoms with van der Waals surface area (Å²) in [6.45, 7) is 3.11. The normalized spacial score (nSPS) is 19.8. The van der Waals surface area contributed by atoms with Gasteiger partial charge < -0.3 is 15.3 Å². The van der Waals surface area contributed by atoms with E-state index in [4.69, 9.17) is 0 Å². The SMILES string of the molecule is CC(O)(CC(=O)N1CCC(Nc2ccccc2)C1)c1ccccc1. The average Bonchev–Trinajstić information content (AvgIpc) is 3.05. The molecule has 0 aliphatic carbocycles. The van der Waals surface area contributed by atoms with E-state index in [2.05, 4.69) is 5.32 Å². The molecule has 3 rings (SSSR count). The Kier molecular flexibility index (Phi) is 4.86. The minimum Gasteiger partial charge on any atom is -0.385 e. The quantitative estimate of drug-likeness (QED) is 0.889. The smallest absolute Gasteiger partial charge is 0.225 e. The third-order valence-electron chi connectivity index (χ3n) is 4.58. The van der Waals surface area contributed by atoms with E-state index < -0.39 is 5.60 Å². The molecule has 4 heteroatoms. The maximum absolute atomic E-state index is 12.6. The molecular weight excluding hydrogens is 300 g/mol. The molecule has 1 saturated heterocycles. The van der Waals surface area contributed by atoms with E-state index in [1.807, 2.05) is 65.6 Å². The van der Waals surface area contributed by atoms with Gasteiger partial charge in [0.25, 0.3) is 0 Å². The van der Waals surface area contributed by atoms with Crippen LogP contribution in [-0.2, 0) is 10.4 Å². The Balaban J connectivity index is 1.57. The standard InChI is InChI=1S/C20H24N2O2/c1-20(24,16-8-4-2-5-9-16)14-19(23)22-13-12-18(15-22)21-17-10-6-3-7-11-17/h2-11,18,21,24H,12-15H2,1H3. The third-order valence-corrected chi connectivity index (χ3v) is 4.58. The highest BCUT2D eigenvalue weighted by molar-refractivity contribution is 5.78. The molecule has 2 N–H and O–H groups in total. The van der Waals surface area contributed by atoms with Crippen LogP contribution in [0.1, 0.15) is 25.3 Å². The highest BCUT2D eigenvalue weighted by Crippen LogP contribution is 2.26. The maximum atomic E-state index is 12.6. The minimum atomic E-state index is -1.14. The molecule has 4 nitrogen and oxygen atoms in total. The van der Waals surface area contributed by atoms with Crippen molar-refractivity contribution in [3.05, 3.63) is 66.2 Å². The molecule has 2 aromatic rings. The van der Waals surface area contributed by atoms with Crippen LogP contribution in [0.3, 0.4) is 0 Å². The topological polar surface area (TPSA) is 52.6 Å². The first-order chi connectivity index (χ1) is 11.5. The number of aliphatic hydroxyl groups is 1. The molecular formula is C20H24N2O2. The van der Waals surface area contributed by atoms with Crippen molar-refractivity contribution in [1.29, 1.82) is 0 Å². The summed E-state index contributed by atoms with van der Waals surface area (Å²) in [5, 5.41) is 14.1. The van der Waals surface area contributed by atoms with Crippen molar-refractivity contribution < 1.29 is 9.90 Å². The Labute approximate surface area is 143 Å². The summed E-state index contributed by atoms with van der Waals surface area (Å²) in [5.74, 6) is 0.00112. The zero-order chi connectivity index (χ0) is 17.0. The number of benzene rings is 2. The first-order valence-corrected chi connectivity index (χ1v) is 8.42. The summed E-state index contributed by atoms with van der Waals surface area (Å²) in [4.78, 5) is 14.4. The van der Waals surface area contributed by atoms with E-state index in [1.165, 1.54) is 0 Å². The molecule has 0 aromatic heterocycles. The largest absolute Gasteiger partial charge is 0.385 e. The zero-order valence-corrected chi connectivity index (χ0v) is 14.0. The molecule has 1 fully saturated rings. The lowest BCUT2D eigenvalue weighted by atomic mass is 9.92. The summed E-state index contributed by atoms with van der Waals surface area (Å²) >= 11 is 0. The van der Waals surface area contributed by atoms with Gasteiger partial charge in [0.15, 0.2) is 0 Å². The number of hydrogen-bond donors (Lipinski definition) is 2. The van der Waals surface area contributed by atoms with E-state index >= 15 is 0 Å². The molecule has 1 aliphatic heterocycles. The van der Waals surface area contributed by atoms with Gasteiger partial charge in [0.1, 0.15) is 0 Å². The number of hydrogen-bond acceptors (Lipinski definition) is 3. The van der Waals surface area contributed by atoms with Gasteiger partial charge in [0.2, 0.25) is 5.91 Å². The predicted octanol–water partition coefficient (Wildman–Crippen LogP) is 3.00. The third kappa shape index (κ3) is 3.95. The van der Waals surface area contributed by atoms with E-state index in [1.54, 1.807) is 6.92 Å². The first kappa shape index (κ1) is 16.5. The van der Waals surface area contributed by atoms with Crippen molar-refractivity contribution in [3.63, 3.8) is 0 Å². The van der Waals surface area contributed by atoms with Gasteiger partial charge in [-0.05, 0) is 31.0 Å². The van der Waals surface area contributed by atoms with Crippen LogP contribution in [0.15, 0.2) is 60.7 Å². The fraction of sp³-hybridized carbons (Fsp3) is 0.350. The number of anilines is 1. The van der Waals surface area contributed by atoms with Crippen molar-refractivity contribution in [1.82, 2.24) is 4.90 Å². The maximum Gasteiger partial charge on any atom is 0.225 e. The molecule has 1 amide bonds. The highest BCUT2D eigenvalue weighted by atomic mass is 16.3. The lowest BCUT2D eigenvalue weighted by Crippen LogP contribution is -2.36. The number of nitrogens with zero attached hydrogens (tertiary/aromatic N) is 1. The summed E-state index contributed by atoms with van der Waals surface area (Å²) in [5.41, 5.74) is 0.716. The number of para-hydroxylation sites is 1. The second-order valence-electron chi connectivity index (χ2n) is 6.65. The summed E-state index contributed by atoms with van der Waals surface area (Å²) < 4.78 is 0. The van der Waals surface area contributed by atoms with Gasteiger partial charge in [-0.15, -0.1) is 0 Å². The number of carbonyl (C=O) groups excluding carboxylic acids is 1. The predicted molar refractivity (Wildman–Crippen MR) is 95.7 cm³/mol. The second kappa shape index (κ2) is 7.05. The van der Waals surface area contributed by atoms with Crippen LogP contribution < -0.4 is 5.32 Å². The van der Waals surface area contributed by atoms with Gasteiger partial charge in [-0.1, -0.05) is 48.5 Å². The number of carbonyl (C=O) groups is 1. The van der Waals surface area contributed by atoms with Gasteiger partial charge >= 0.3 is 0 Å². The fourth-order valence-electron chi connectivity index (χ4n) is 3.18. The van der Waals surface area contributed by atoms with Crippen molar-refractivity contribution in [2.45, 2.75) is 31.4 Å². The van der Waals surface area contributed by atoms with Gasteiger partial charge in [0.05, 0.1) is 12.0 Å². The Bertz CT molecular complexity index is 671. The van der Waals surface area contributed by atoms with Crippen LogP contribution >= 0.6 is 0 Å². The summed E-state index contributed by atoms with van der Waals surface area (Å²) in [6, 6.07) is 19.7. The first-order valence-electron chi connectivity index (χ1n) is 8.42. The van der Waals surface area contributed by atoms with Crippen molar-refractivity contribution in [2.75, 3.05) is 18.4 Å². The number of likely N-dealkylation sites (tertiary alicyclic amines) is 1. The van der Waals surface area contributed by atoms with Crippen LogP contribution in [0.5, 0.6) is 0 Å². The Hall–Kier alpha value is -2.33. The molecule has 0 saturated carbocycles. The molecule has 0 bridgehead atoms. The van der Waals surface area contributed by atoms with Gasteiger partial charge in [-0.3, -0.25) is 4.79 Å². The van der Waals surface area contributed by atoms with Crippen LogP contribution in [0.25, 0.3) is 0 Å². The lowest BCUT2D eigenvalue weighted by Gasteiger charge is -2.26. The monoisotopic (exact) mass is 324 g/mol. The summed E-state index contributed by atoms with van der Waals surface area (Å²) in [7, 11) is 0. The minimum absolute atomic E-state index is 0.00112. The summed E-state index contributed by atoms with van der Waals surface area (Å²) in [6.07, 6.45) is 1.03. The van der Waals surface area contributed by atoms with Gasteiger partial charge in [-0.25, -0.2) is 0 Å². The van der Waals surface area contributed by atoms with Gasteiger partial charge in [-0.2, -0.15) is 0 Å². The molecule has 0 spiro atoms. The molecule has 1 heterocycles. The number of nitrogens with one attached hydrogen (secondary N) is 1. The lowest BCUT2D eigenvalue weighted by molar-refractivity contribution is -0.135. The second-order valence-corrected chi connectivity index (χ2v) is 6.65. The van der Waals surface area contributed by atoms with Crippen molar-refractivity contribution in [2.24, 2.45) is 0 Å². The van der Waals surface area contributed by atoms with Crippen molar-refractivity contribution in [3.8, 4) is 0 Å². The van der Waals surface area contributed by atoms with Crippen molar-refractivity contribution >= 4 is 11.6 Å². The van der Waals surface area contributed by atoms with Crippen LogP contribution in [0.4, 0.5) is 5.69 Å². The average molecular weight is 324 g/mol. The van der Waals surface area contributed by atoms with Crippen LogP contribution in [-0.4, -0.2) is 35.0 Å². The van der Waals surface area contributed by atoms with Crippen LogP contribution in [0.2, 0.25) is 0 Å².